The fourth-order valence-electron chi connectivity index (χ4n) is 6.51. The number of aliphatic hydroxyl groups is 1. The van der Waals surface area contributed by atoms with Crippen LogP contribution in [-0.4, -0.2) is 104 Å². The lowest BCUT2D eigenvalue weighted by Crippen LogP contribution is -2.53. The second kappa shape index (κ2) is 14.4. The summed E-state index contributed by atoms with van der Waals surface area (Å²) in [6, 6.07) is 21.3. The minimum absolute atomic E-state index is 0.228. The van der Waals surface area contributed by atoms with Crippen LogP contribution in [0.4, 0.5) is 28.8 Å². The molecule has 0 unspecified atom stereocenters. The fourth-order valence-corrected chi connectivity index (χ4v) is 7.71. The lowest BCUT2D eigenvalue weighted by Gasteiger charge is -2.43. The van der Waals surface area contributed by atoms with Crippen molar-refractivity contribution in [2.75, 3.05) is 75.1 Å². The third kappa shape index (κ3) is 7.30. The molecule has 4 aromatic rings. The van der Waals surface area contributed by atoms with Crippen molar-refractivity contribution in [2.45, 2.75) is 42.9 Å². The number of aliphatic hydroxyl groups excluding tert-OH is 1. The predicted molar refractivity (Wildman–Crippen MR) is 188 cm³/mol. The second-order valence-corrected chi connectivity index (χ2v) is 14.9. The van der Waals surface area contributed by atoms with E-state index in [9.17, 15) is 13.5 Å². The number of fused-ring (bicyclic) bond motifs is 1. The molecule has 12 heteroatoms. The van der Waals surface area contributed by atoms with Crippen molar-refractivity contribution in [3.8, 4) is 5.75 Å². The third-order valence-corrected chi connectivity index (χ3v) is 11.5. The Morgan fingerprint density at radius 1 is 0.894 bits per heavy atom. The number of ether oxygens (including phenoxy) is 1. The van der Waals surface area contributed by atoms with Crippen molar-refractivity contribution in [1.29, 1.82) is 0 Å². The zero-order chi connectivity index (χ0) is 33.0. The van der Waals surface area contributed by atoms with E-state index in [4.69, 9.17) is 14.7 Å². The monoisotopic (exact) mass is 659 g/mol. The normalized spacial score (nSPS) is 16.9. The largest absolute Gasteiger partial charge is 0.494 e. The summed E-state index contributed by atoms with van der Waals surface area (Å²) in [5.74, 6) is 1.54. The Balaban J connectivity index is 1.19. The number of aromatic nitrogens is 2. The van der Waals surface area contributed by atoms with Crippen molar-refractivity contribution in [3.05, 3.63) is 66.7 Å². The van der Waals surface area contributed by atoms with E-state index < -0.39 is 15.1 Å². The van der Waals surface area contributed by atoms with Gasteiger partial charge in [-0.25, -0.2) is 13.4 Å². The van der Waals surface area contributed by atoms with Crippen molar-refractivity contribution in [1.82, 2.24) is 19.8 Å². The number of sulfone groups is 1. The summed E-state index contributed by atoms with van der Waals surface area (Å²) in [6.45, 7) is 10.5. The summed E-state index contributed by atoms with van der Waals surface area (Å²) in [6.07, 6.45) is 2.23. The SMILES string of the molecule is COc1cc(N2CCC(N3CCN(CCO)CC3)CC2)ccc1Nc1nc(Nc2ccccc2S(=O)(=O)C(C)C)c2ccccc2n1. The summed E-state index contributed by atoms with van der Waals surface area (Å²) in [5.41, 5.74) is 3.02. The number of piperazine rings is 1. The van der Waals surface area contributed by atoms with Crippen LogP contribution in [0.3, 0.4) is 0 Å². The molecule has 0 bridgehead atoms. The Bertz CT molecular complexity index is 1790. The number of β-amino-alcohol motifs (C(OH)–C–C–N with tert-alkyl or cyclic N) is 1. The van der Waals surface area contributed by atoms with Crippen LogP contribution in [0, 0.1) is 0 Å². The number of hydrogen-bond donors (Lipinski definition) is 3. The Labute approximate surface area is 277 Å². The predicted octanol–water partition coefficient (Wildman–Crippen LogP) is 4.89. The molecular formula is C35H45N7O4S. The van der Waals surface area contributed by atoms with E-state index in [-0.39, 0.29) is 11.5 Å². The van der Waals surface area contributed by atoms with Crippen molar-refractivity contribution in [2.24, 2.45) is 0 Å². The zero-order valence-electron chi connectivity index (χ0n) is 27.4. The van der Waals surface area contributed by atoms with Gasteiger partial charge in [0.15, 0.2) is 9.84 Å². The summed E-state index contributed by atoms with van der Waals surface area (Å²) in [5, 5.41) is 16.1. The van der Waals surface area contributed by atoms with Crippen LogP contribution in [0.5, 0.6) is 5.75 Å². The van der Waals surface area contributed by atoms with E-state index in [0.717, 1.165) is 75.4 Å². The molecule has 3 heterocycles. The minimum atomic E-state index is -3.53. The number of para-hydroxylation sites is 2. The van der Waals surface area contributed by atoms with Gasteiger partial charge in [0.25, 0.3) is 0 Å². The molecule has 2 aliphatic rings. The maximum absolute atomic E-state index is 13.1. The molecule has 11 nitrogen and oxygen atoms in total. The van der Waals surface area contributed by atoms with Gasteiger partial charge in [0, 0.05) is 69.0 Å². The number of methoxy groups -OCH3 is 1. The highest BCUT2D eigenvalue weighted by molar-refractivity contribution is 7.92. The molecule has 0 atom stereocenters. The molecule has 2 fully saturated rings. The van der Waals surface area contributed by atoms with Gasteiger partial charge in [-0.05, 0) is 63.1 Å². The van der Waals surface area contributed by atoms with Gasteiger partial charge < -0.3 is 25.4 Å². The molecule has 1 aromatic heterocycles. The van der Waals surface area contributed by atoms with Gasteiger partial charge in [0.1, 0.15) is 11.6 Å². The van der Waals surface area contributed by atoms with E-state index in [1.807, 2.05) is 30.3 Å². The molecule has 6 rings (SSSR count). The topological polar surface area (TPSA) is 123 Å². The number of benzene rings is 3. The van der Waals surface area contributed by atoms with Crippen molar-refractivity contribution >= 4 is 49.6 Å². The quantitative estimate of drug-likeness (QED) is 0.204. The number of nitrogens with zero attached hydrogens (tertiary/aromatic N) is 5. The third-order valence-electron chi connectivity index (χ3n) is 9.27. The Morgan fingerprint density at radius 3 is 2.34 bits per heavy atom. The average Bonchev–Trinajstić information content (AvgIpc) is 3.09. The second-order valence-electron chi connectivity index (χ2n) is 12.5. The van der Waals surface area contributed by atoms with Crippen LogP contribution >= 0.6 is 0 Å². The van der Waals surface area contributed by atoms with E-state index in [1.54, 1.807) is 45.2 Å². The van der Waals surface area contributed by atoms with E-state index in [0.29, 0.717) is 34.8 Å². The molecule has 0 saturated carbocycles. The van der Waals surface area contributed by atoms with Gasteiger partial charge in [-0.3, -0.25) is 9.80 Å². The van der Waals surface area contributed by atoms with Gasteiger partial charge in [-0.1, -0.05) is 24.3 Å². The lowest BCUT2D eigenvalue weighted by molar-refractivity contribution is 0.0747. The van der Waals surface area contributed by atoms with Crippen LogP contribution < -0.4 is 20.3 Å². The standard InChI is InChI=1S/C35H45N7O4S/c1-25(2)47(44,45)33-11-7-6-10-31(33)36-34-28-8-4-5-9-29(28)37-35(39-34)38-30-13-12-27(24-32(30)46-3)41-16-14-26(15-17-41)42-20-18-40(19-21-42)22-23-43/h4-13,24-26,43H,14-23H2,1-3H3,(H2,36,37,38,39). The van der Waals surface area contributed by atoms with Crippen LogP contribution in [-0.2, 0) is 9.84 Å². The smallest absolute Gasteiger partial charge is 0.229 e. The number of piperidine rings is 1. The molecule has 0 amide bonds. The van der Waals surface area contributed by atoms with Crippen LogP contribution in [0.15, 0.2) is 71.6 Å². The van der Waals surface area contributed by atoms with E-state index in [2.05, 4.69) is 37.5 Å². The first-order chi connectivity index (χ1) is 22.8. The highest BCUT2D eigenvalue weighted by Gasteiger charge is 2.28. The number of hydrogen-bond acceptors (Lipinski definition) is 11. The van der Waals surface area contributed by atoms with E-state index >= 15 is 0 Å². The Hall–Kier alpha value is -3.97. The molecule has 3 N–H and O–H groups in total. The van der Waals surface area contributed by atoms with Gasteiger partial charge in [-0.15, -0.1) is 0 Å². The number of rotatable bonds is 11. The van der Waals surface area contributed by atoms with Gasteiger partial charge in [0.05, 0.1) is 40.8 Å². The maximum atomic E-state index is 13.1. The molecular weight excluding hydrogens is 614 g/mol. The Kier molecular flexibility index (Phi) is 10.1. The molecule has 0 aliphatic carbocycles. The Morgan fingerprint density at radius 2 is 1.62 bits per heavy atom. The fraction of sp³-hybridized carbons (Fsp3) is 0.429. The highest BCUT2D eigenvalue weighted by Crippen LogP contribution is 2.35. The van der Waals surface area contributed by atoms with Crippen LogP contribution in [0.2, 0.25) is 0 Å². The molecule has 250 valence electrons. The van der Waals surface area contributed by atoms with Crippen LogP contribution in [0.1, 0.15) is 26.7 Å². The van der Waals surface area contributed by atoms with E-state index in [1.165, 1.54) is 0 Å². The first-order valence-corrected chi connectivity index (χ1v) is 18.0. The first-order valence-electron chi connectivity index (χ1n) is 16.4. The molecule has 0 spiro atoms. The summed E-state index contributed by atoms with van der Waals surface area (Å²) >= 11 is 0. The molecule has 0 radical (unpaired) electrons. The lowest BCUT2D eigenvalue weighted by atomic mass is 10.0. The van der Waals surface area contributed by atoms with Gasteiger partial charge in [-0.2, -0.15) is 4.98 Å². The van der Waals surface area contributed by atoms with Gasteiger partial charge in [0.2, 0.25) is 5.95 Å². The molecule has 2 aliphatic heterocycles. The minimum Gasteiger partial charge on any atom is -0.494 e. The summed E-state index contributed by atoms with van der Waals surface area (Å²) in [7, 11) is -1.87. The summed E-state index contributed by atoms with van der Waals surface area (Å²) in [4.78, 5) is 17.2. The maximum Gasteiger partial charge on any atom is 0.229 e. The first kappa shape index (κ1) is 33.0. The van der Waals surface area contributed by atoms with Gasteiger partial charge >= 0.3 is 0 Å². The number of anilines is 5. The number of nitrogens with one attached hydrogen (secondary N) is 2. The van der Waals surface area contributed by atoms with Crippen LogP contribution in [0.25, 0.3) is 10.9 Å². The highest BCUT2D eigenvalue weighted by atomic mass is 32.2. The molecule has 3 aromatic carbocycles. The molecule has 2 saturated heterocycles. The average molecular weight is 660 g/mol. The van der Waals surface area contributed by atoms with Crippen molar-refractivity contribution in [3.63, 3.8) is 0 Å². The molecule has 47 heavy (non-hydrogen) atoms. The van der Waals surface area contributed by atoms with Crippen molar-refractivity contribution < 1.29 is 18.3 Å². The summed E-state index contributed by atoms with van der Waals surface area (Å²) < 4.78 is 32.1. The zero-order valence-corrected chi connectivity index (χ0v) is 28.2.